The van der Waals surface area contributed by atoms with E-state index in [1.807, 2.05) is 0 Å². The molecule has 0 amide bonds. The van der Waals surface area contributed by atoms with Gasteiger partial charge in [-0.3, -0.25) is 0 Å². The monoisotopic (exact) mass is 146 g/mol. The van der Waals surface area contributed by atoms with Crippen molar-refractivity contribution < 1.29 is 0 Å². The lowest BCUT2D eigenvalue weighted by molar-refractivity contribution is 0.302. The lowest BCUT2D eigenvalue weighted by atomic mass is 10.4. The van der Waals surface area contributed by atoms with E-state index in [0.717, 1.165) is 32.6 Å². The quantitative estimate of drug-likeness (QED) is 0.633. The third kappa shape index (κ3) is 6.05. The van der Waals surface area contributed by atoms with Crippen molar-refractivity contribution in [3.63, 3.8) is 0 Å². The van der Waals surface area contributed by atoms with Gasteiger partial charge in [-0.25, -0.2) is 0 Å². The topological polar surface area (TPSA) is 29.3 Å². The minimum atomic E-state index is 0. The van der Waals surface area contributed by atoms with E-state index in [4.69, 9.17) is 5.73 Å². The van der Waals surface area contributed by atoms with Crippen LogP contribution in [0.3, 0.4) is 0 Å². The molecular formula is C8H22N2. The molecule has 0 saturated carbocycles. The molecule has 10 heavy (non-hydrogen) atoms. The summed E-state index contributed by atoms with van der Waals surface area (Å²) in [5.74, 6) is 0. The Morgan fingerprint density at radius 2 is 1.70 bits per heavy atom. The molecule has 0 unspecified atom stereocenters. The molecular weight excluding hydrogens is 124 g/mol. The fourth-order valence-corrected chi connectivity index (χ4v) is 0.855. The van der Waals surface area contributed by atoms with Crippen LogP contribution in [0.1, 0.15) is 27.7 Å². The third-order valence-corrected chi connectivity index (χ3v) is 1.57. The average Bonchev–Trinajstić information content (AvgIpc) is 1.91. The molecule has 0 rings (SSSR count). The molecule has 0 bridgehead atoms. The first kappa shape index (κ1) is 12.6. The van der Waals surface area contributed by atoms with Gasteiger partial charge in [0, 0.05) is 0 Å². The number of hydrogen-bond acceptors (Lipinski definition) is 2. The van der Waals surface area contributed by atoms with Crippen molar-refractivity contribution in [2.75, 3.05) is 26.2 Å². The first-order chi connectivity index (χ1) is 4.35. The number of nitrogens with two attached hydrogens (primary N) is 1. The highest BCUT2D eigenvalue weighted by atomic mass is 15.1. The minimum Gasteiger partial charge on any atom is -0.330 e. The average molecular weight is 146 g/mol. The van der Waals surface area contributed by atoms with Gasteiger partial charge in [-0.15, -0.1) is 0 Å². The zero-order chi connectivity index (χ0) is 7.11. The second kappa shape index (κ2) is 8.92. The summed E-state index contributed by atoms with van der Waals surface area (Å²) >= 11 is 0. The van der Waals surface area contributed by atoms with Crippen LogP contribution in [-0.2, 0) is 0 Å². The van der Waals surface area contributed by atoms with E-state index in [2.05, 4.69) is 18.7 Å². The lowest BCUT2D eigenvalue weighted by Gasteiger charge is -2.16. The normalized spacial score (nSPS) is 9.60. The van der Waals surface area contributed by atoms with Crippen molar-refractivity contribution in [3.8, 4) is 0 Å². The summed E-state index contributed by atoms with van der Waals surface area (Å²) in [7, 11) is 0. The van der Waals surface area contributed by atoms with E-state index in [1.165, 1.54) is 0 Å². The largest absolute Gasteiger partial charge is 0.330 e. The van der Waals surface area contributed by atoms with Gasteiger partial charge in [0.25, 0.3) is 0 Å². The molecule has 0 radical (unpaired) electrons. The van der Waals surface area contributed by atoms with Crippen LogP contribution in [0.15, 0.2) is 0 Å². The molecule has 0 saturated heterocycles. The van der Waals surface area contributed by atoms with Gasteiger partial charge in [0.15, 0.2) is 0 Å². The smallest absolute Gasteiger partial charge is 0.000695 e. The Labute approximate surface area is 65.4 Å². The van der Waals surface area contributed by atoms with Crippen LogP contribution in [0.4, 0.5) is 0 Å². The Kier molecular flexibility index (Phi) is 11.2. The van der Waals surface area contributed by atoms with Crippen molar-refractivity contribution in [1.29, 1.82) is 0 Å². The second-order valence-electron chi connectivity index (χ2n) is 2.17. The molecule has 0 fully saturated rings. The maximum Gasteiger partial charge on any atom is -0.000695 e. The molecule has 64 valence electrons. The van der Waals surface area contributed by atoms with Crippen LogP contribution in [0.25, 0.3) is 0 Å². The molecule has 2 N–H and O–H groups in total. The van der Waals surface area contributed by atoms with E-state index in [0.29, 0.717) is 0 Å². The van der Waals surface area contributed by atoms with Gasteiger partial charge in [0.2, 0.25) is 0 Å². The van der Waals surface area contributed by atoms with Crippen LogP contribution in [0.2, 0.25) is 0 Å². The number of rotatable bonds is 5. The summed E-state index contributed by atoms with van der Waals surface area (Å²) in [6.45, 7) is 8.63. The van der Waals surface area contributed by atoms with Gasteiger partial charge in [0.05, 0.1) is 0 Å². The summed E-state index contributed by atoms with van der Waals surface area (Å²) in [5.41, 5.74) is 5.36. The Morgan fingerprint density at radius 3 is 2.00 bits per heavy atom. The maximum atomic E-state index is 5.36. The molecule has 0 aromatic heterocycles. The van der Waals surface area contributed by atoms with Crippen LogP contribution in [0, 0.1) is 0 Å². The van der Waals surface area contributed by atoms with Gasteiger partial charge in [-0.1, -0.05) is 21.3 Å². The molecule has 0 heterocycles. The lowest BCUT2D eigenvalue weighted by Crippen LogP contribution is -2.25. The molecule has 0 aliphatic heterocycles. The van der Waals surface area contributed by atoms with E-state index >= 15 is 0 Å². The van der Waals surface area contributed by atoms with E-state index in [9.17, 15) is 0 Å². The van der Waals surface area contributed by atoms with Gasteiger partial charge in [-0.05, 0) is 32.6 Å². The molecule has 0 aromatic carbocycles. The number of nitrogens with zero attached hydrogens (tertiary/aromatic N) is 1. The van der Waals surface area contributed by atoms with E-state index in [1.54, 1.807) is 0 Å². The fraction of sp³-hybridized carbons (Fsp3) is 1.00. The molecule has 2 heteroatoms. The van der Waals surface area contributed by atoms with Crippen LogP contribution < -0.4 is 5.73 Å². The zero-order valence-corrected chi connectivity index (χ0v) is 6.56. The third-order valence-electron chi connectivity index (χ3n) is 1.57. The first-order valence-corrected chi connectivity index (χ1v) is 3.77. The van der Waals surface area contributed by atoms with Crippen LogP contribution >= 0.6 is 0 Å². The standard InChI is InChI=1S/C7H18N2.CH4/c1-3-9(4-2)7-5-6-8;/h3-8H2,1-2H3;1H4. The molecule has 0 aromatic rings. The molecule has 2 nitrogen and oxygen atoms in total. The molecule has 0 aliphatic carbocycles. The highest BCUT2D eigenvalue weighted by molar-refractivity contribution is 4.51. The van der Waals surface area contributed by atoms with Gasteiger partial charge in [-0.2, -0.15) is 0 Å². The highest BCUT2D eigenvalue weighted by Crippen LogP contribution is 1.87. The van der Waals surface area contributed by atoms with Gasteiger partial charge < -0.3 is 10.6 Å². The second-order valence-corrected chi connectivity index (χ2v) is 2.17. The molecule has 0 atom stereocenters. The predicted octanol–water partition coefficient (Wildman–Crippen LogP) is 1.31. The van der Waals surface area contributed by atoms with Crippen molar-refractivity contribution >= 4 is 0 Å². The fourth-order valence-electron chi connectivity index (χ4n) is 0.855. The van der Waals surface area contributed by atoms with Gasteiger partial charge in [0.1, 0.15) is 0 Å². The van der Waals surface area contributed by atoms with Gasteiger partial charge >= 0.3 is 0 Å². The summed E-state index contributed by atoms with van der Waals surface area (Å²) in [6, 6.07) is 0. The number of hydrogen-bond donors (Lipinski definition) is 1. The summed E-state index contributed by atoms with van der Waals surface area (Å²) in [5, 5.41) is 0. The van der Waals surface area contributed by atoms with E-state index < -0.39 is 0 Å². The highest BCUT2D eigenvalue weighted by Gasteiger charge is 1.94. The summed E-state index contributed by atoms with van der Waals surface area (Å²) in [4.78, 5) is 2.38. The summed E-state index contributed by atoms with van der Waals surface area (Å²) in [6.07, 6.45) is 1.13. The predicted molar refractivity (Wildman–Crippen MR) is 48.2 cm³/mol. The van der Waals surface area contributed by atoms with Crippen LogP contribution in [-0.4, -0.2) is 31.1 Å². The van der Waals surface area contributed by atoms with Crippen LogP contribution in [0.5, 0.6) is 0 Å². The van der Waals surface area contributed by atoms with Crippen molar-refractivity contribution in [3.05, 3.63) is 0 Å². The Hall–Kier alpha value is -0.0800. The minimum absolute atomic E-state index is 0. The Morgan fingerprint density at radius 1 is 1.20 bits per heavy atom. The maximum absolute atomic E-state index is 5.36. The summed E-state index contributed by atoms with van der Waals surface area (Å²) < 4.78 is 0. The van der Waals surface area contributed by atoms with Crippen molar-refractivity contribution in [2.45, 2.75) is 27.7 Å². The zero-order valence-electron chi connectivity index (χ0n) is 6.56. The Balaban J connectivity index is 0. The molecule has 0 spiro atoms. The van der Waals surface area contributed by atoms with Crippen molar-refractivity contribution in [1.82, 2.24) is 4.90 Å². The Bertz CT molecular complexity index is 51.2. The SMILES string of the molecule is C.CCN(CC)CCCN. The van der Waals surface area contributed by atoms with E-state index in [-0.39, 0.29) is 7.43 Å². The first-order valence-electron chi connectivity index (χ1n) is 3.77. The molecule has 0 aliphatic rings. The van der Waals surface area contributed by atoms with Crippen molar-refractivity contribution in [2.24, 2.45) is 5.73 Å².